The number of nitrogens with two attached hydrogens (primary N) is 1. The molecule has 94 valence electrons. The van der Waals surface area contributed by atoms with Gasteiger partial charge >= 0.3 is 5.69 Å². The second-order valence-electron chi connectivity index (χ2n) is 3.38. The average molecular weight is 265 g/mol. The first-order valence-electron chi connectivity index (χ1n) is 5.08. The quantitative estimate of drug-likeness (QED) is 0.433. The van der Waals surface area contributed by atoms with Crippen molar-refractivity contribution in [3.63, 3.8) is 0 Å². The summed E-state index contributed by atoms with van der Waals surface area (Å²) in [7, 11) is 0. The Morgan fingerprint density at radius 3 is 2.83 bits per heavy atom. The standard InChI is InChI=1S/C10H11N5O2S/c11-14-8-3-1-2-7(10(8)15(16)17)13-6-9-12-4-5-18-9/h1-5,13-14H,6,11H2. The predicted octanol–water partition coefficient (Wildman–Crippen LogP) is 1.95. The van der Waals surface area contributed by atoms with Gasteiger partial charge in [0.1, 0.15) is 16.4 Å². The van der Waals surface area contributed by atoms with Crippen molar-refractivity contribution in [1.82, 2.24) is 4.98 Å². The number of nitro benzene ring substituents is 1. The number of nitrogens with one attached hydrogen (secondary N) is 2. The summed E-state index contributed by atoms with van der Waals surface area (Å²) >= 11 is 1.48. The highest BCUT2D eigenvalue weighted by molar-refractivity contribution is 7.09. The molecule has 0 atom stereocenters. The molecule has 0 aliphatic carbocycles. The molecule has 1 aromatic heterocycles. The highest BCUT2D eigenvalue weighted by atomic mass is 32.1. The molecule has 18 heavy (non-hydrogen) atoms. The molecule has 8 heteroatoms. The minimum atomic E-state index is -0.473. The number of benzene rings is 1. The molecule has 1 aromatic carbocycles. The molecule has 4 N–H and O–H groups in total. The molecule has 2 rings (SSSR count). The van der Waals surface area contributed by atoms with Crippen molar-refractivity contribution < 1.29 is 4.92 Å². The molecule has 0 aliphatic rings. The Morgan fingerprint density at radius 1 is 1.44 bits per heavy atom. The largest absolute Gasteiger partial charge is 0.373 e. The molecule has 0 unspecified atom stereocenters. The van der Waals surface area contributed by atoms with Crippen LogP contribution in [-0.2, 0) is 6.54 Å². The molecule has 0 saturated carbocycles. The highest BCUT2D eigenvalue weighted by Crippen LogP contribution is 2.32. The zero-order valence-electron chi connectivity index (χ0n) is 9.29. The molecule has 0 spiro atoms. The molecule has 0 fully saturated rings. The van der Waals surface area contributed by atoms with Crippen LogP contribution in [0.4, 0.5) is 17.1 Å². The second-order valence-corrected chi connectivity index (χ2v) is 4.36. The molecule has 0 saturated heterocycles. The van der Waals surface area contributed by atoms with Crippen molar-refractivity contribution in [1.29, 1.82) is 0 Å². The number of para-hydroxylation sites is 1. The third kappa shape index (κ3) is 2.55. The first-order chi connectivity index (χ1) is 8.72. The number of rotatable bonds is 5. The lowest BCUT2D eigenvalue weighted by Crippen LogP contribution is -2.11. The van der Waals surface area contributed by atoms with Crippen LogP contribution in [-0.4, -0.2) is 9.91 Å². The van der Waals surface area contributed by atoms with Crippen molar-refractivity contribution in [3.05, 3.63) is 44.9 Å². The van der Waals surface area contributed by atoms with Crippen LogP contribution in [0.3, 0.4) is 0 Å². The van der Waals surface area contributed by atoms with Gasteiger partial charge in [-0.15, -0.1) is 11.3 Å². The predicted molar refractivity (Wildman–Crippen MR) is 70.3 cm³/mol. The molecule has 0 bridgehead atoms. The van der Waals surface area contributed by atoms with E-state index < -0.39 is 4.92 Å². The van der Waals surface area contributed by atoms with Gasteiger partial charge in [-0.3, -0.25) is 16.0 Å². The molecular weight excluding hydrogens is 254 g/mol. The van der Waals surface area contributed by atoms with E-state index in [0.717, 1.165) is 5.01 Å². The number of nitrogens with zero attached hydrogens (tertiary/aromatic N) is 2. The fraction of sp³-hybridized carbons (Fsp3) is 0.100. The molecule has 2 aromatic rings. The van der Waals surface area contributed by atoms with E-state index >= 15 is 0 Å². The number of hydrazine groups is 1. The van der Waals surface area contributed by atoms with Gasteiger partial charge in [0.2, 0.25) is 0 Å². The third-order valence-electron chi connectivity index (χ3n) is 2.29. The first kappa shape index (κ1) is 12.3. The van der Waals surface area contributed by atoms with Crippen LogP contribution in [0.2, 0.25) is 0 Å². The number of anilines is 2. The Morgan fingerprint density at radius 2 is 2.22 bits per heavy atom. The van der Waals surface area contributed by atoms with Crippen molar-refractivity contribution >= 4 is 28.4 Å². The van der Waals surface area contributed by atoms with E-state index in [9.17, 15) is 10.1 Å². The van der Waals surface area contributed by atoms with E-state index in [1.54, 1.807) is 24.4 Å². The first-order valence-corrected chi connectivity index (χ1v) is 5.96. The number of hydrogen-bond acceptors (Lipinski definition) is 7. The van der Waals surface area contributed by atoms with Crippen LogP contribution in [0.15, 0.2) is 29.8 Å². The lowest BCUT2D eigenvalue weighted by Gasteiger charge is -2.08. The SMILES string of the molecule is NNc1cccc(NCc2nccs2)c1[N+](=O)[O-]. The fourth-order valence-electron chi connectivity index (χ4n) is 1.51. The molecule has 0 amide bonds. The van der Waals surface area contributed by atoms with Crippen molar-refractivity contribution in [2.45, 2.75) is 6.54 Å². The third-order valence-corrected chi connectivity index (χ3v) is 3.07. The minimum Gasteiger partial charge on any atom is -0.373 e. The van der Waals surface area contributed by atoms with Crippen LogP contribution in [0.1, 0.15) is 5.01 Å². The van der Waals surface area contributed by atoms with E-state index in [2.05, 4.69) is 15.7 Å². The second kappa shape index (κ2) is 5.43. The van der Waals surface area contributed by atoms with Crippen LogP contribution < -0.4 is 16.6 Å². The number of nitrogen functional groups attached to an aromatic ring is 1. The van der Waals surface area contributed by atoms with Gasteiger partial charge in [-0.2, -0.15) is 0 Å². The van der Waals surface area contributed by atoms with Gasteiger partial charge < -0.3 is 10.7 Å². The van der Waals surface area contributed by atoms with Crippen molar-refractivity contribution in [3.8, 4) is 0 Å². The highest BCUT2D eigenvalue weighted by Gasteiger charge is 2.18. The summed E-state index contributed by atoms with van der Waals surface area (Å²) in [5.74, 6) is 5.26. The van der Waals surface area contributed by atoms with Crippen LogP contribution >= 0.6 is 11.3 Å². The number of thiazole rings is 1. The van der Waals surface area contributed by atoms with Gasteiger partial charge in [0.05, 0.1) is 11.5 Å². The van der Waals surface area contributed by atoms with Crippen LogP contribution in [0, 0.1) is 10.1 Å². The Labute approximate surface area is 107 Å². The number of hydrogen-bond donors (Lipinski definition) is 3. The van der Waals surface area contributed by atoms with Gasteiger partial charge in [0.25, 0.3) is 0 Å². The maximum Gasteiger partial charge on any atom is 0.316 e. The van der Waals surface area contributed by atoms with Crippen molar-refractivity contribution in [2.24, 2.45) is 5.84 Å². The Bertz CT molecular complexity index is 543. The summed E-state index contributed by atoms with van der Waals surface area (Å²) < 4.78 is 0. The zero-order valence-corrected chi connectivity index (χ0v) is 10.1. The van der Waals surface area contributed by atoms with Crippen molar-refractivity contribution in [2.75, 3.05) is 10.7 Å². The fourth-order valence-corrected chi connectivity index (χ4v) is 2.07. The molecule has 1 heterocycles. The smallest absolute Gasteiger partial charge is 0.316 e. The lowest BCUT2D eigenvalue weighted by molar-refractivity contribution is -0.383. The van der Waals surface area contributed by atoms with Gasteiger partial charge in [0, 0.05) is 11.6 Å². The Hall–Kier alpha value is -2.19. The maximum atomic E-state index is 11.0. The Balaban J connectivity index is 2.24. The minimum absolute atomic E-state index is 0.0726. The van der Waals surface area contributed by atoms with E-state index in [4.69, 9.17) is 5.84 Å². The monoisotopic (exact) mass is 265 g/mol. The Kier molecular flexibility index (Phi) is 3.70. The lowest BCUT2D eigenvalue weighted by atomic mass is 10.2. The van der Waals surface area contributed by atoms with Gasteiger partial charge in [-0.25, -0.2) is 4.98 Å². The summed E-state index contributed by atoms with van der Waals surface area (Å²) in [5.41, 5.74) is 2.92. The number of nitro groups is 1. The van der Waals surface area contributed by atoms with Crippen LogP contribution in [0.25, 0.3) is 0 Å². The summed E-state index contributed by atoms with van der Waals surface area (Å²) in [6, 6.07) is 4.87. The molecule has 0 radical (unpaired) electrons. The topological polar surface area (TPSA) is 106 Å². The van der Waals surface area contributed by atoms with Gasteiger partial charge in [0.15, 0.2) is 0 Å². The van der Waals surface area contributed by atoms with E-state index in [0.29, 0.717) is 12.2 Å². The van der Waals surface area contributed by atoms with E-state index in [1.807, 2.05) is 5.38 Å². The average Bonchev–Trinajstić information content (AvgIpc) is 2.88. The summed E-state index contributed by atoms with van der Waals surface area (Å²) in [6.07, 6.45) is 1.69. The van der Waals surface area contributed by atoms with Gasteiger partial charge in [-0.05, 0) is 12.1 Å². The summed E-state index contributed by atoms with van der Waals surface area (Å²) in [6.45, 7) is 0.437. The molecule has 7 nitrogen and oxygen atoms in total. The van der Waals surface area contributed by atoms with E-state index in [-0.39, 0.29) is 11.4 Å². The maximum absolute atomic E-state index is 11.0. The molecular formula is C10H11N5O2S. The summed E-state index contributed by atoms with van der Waals surface area (Å²) in [5, 5.41) is 16.7. The zero-order chi connectivity index (χ0) is 13.0. The summed E-state index contributed by atoms with van der Waals surface area (Å²) in [4.78, 5) is 14.6. The van der Waals surface area contributed by atoms with E-state index in [1.165, 1.54) is 11.3 Å². The normalized spacial score (nSPS) is 10.1. The van der Waals surface area contributed by atoms with Crippen LogP contribution in [0.5, 0.6) is 0 Å². The number of aromatic nitrogens is 1. The van der Waals surface area contributed by atoms with Gasteiger partial charge in [-0.1, -0.05) is 6.07 Å². The molecule has 0 aliphatic heterocycles.